The van der Waals surface area contributed by atoms with Crippen LogP contribution in [0.3, 0.4) is 0 Å². The summed E-state index contributed by atoms with van der Waals surface area (Å²) in [7, 11) is 0. The van der Waals surface area contributed by atoms with Crippen LogP contribution in [-0.4, -0.2) is 36.4 Å². The molecular formula is C36H28FN5O4S2. The average molecular weight is 678 g/mol. The van der Waals surface area contributed by atoms with Gasteiger partial charge >= 0.3 is 5.91 Å². The molecule has 1 saturated heterocycles. The minimum absolute atomic E-state index is 0.125. The van der Waals surface area contributed by atoms with E-state index in [1.54, 1.807) is 49.4 Å². The van der Waals surface area contributed by atoms with Gasteiger partial charge in [-0.2, -0.15) is 0 Å². The molecule has 0 bridgehead atoms. The number of aliphatic hydroxyl groups excluding tert-OH is 1. The van der Waals surface area contributed by atoms with E-state index in [0.717, 1.165) is 22.5 Å². The highest BCUT2D eigenvalue weighted by Crippen LogP contribution is 2.45. The lowest BCUT2D eigenvalue weighted by Gasteiger charge is -2.23. The monoisotopic (exact) mass is 677 g/mol. The largest absolute Gasteiger partial charge is 0.505 e. The predicted molar refractivity (Wildman–Crippen MR) is 183 cm³/mol. The second-order valence-electron chi connectivity index (χ2n) is 11.2. The van der Waals surface area contributed by atoms with E-state index in [1.165, 1.54) is 22.7 Å². The number of thioether (sulfide) groups is 1. The van der Waals surface area contributed by atoms with Crippen LogP contribution in [0.1, 0.15) is 39.7 Å². The highest BCUT2D eigenvalue weighted by Gasteiger charge is 2.49. The molecule has 0 spiro atoms. The lowest BCUT2D eigenvalue weighted by molar-refractivity contribution is -0.132. The van der Waals surface area contributed by atoms with E-state index >= 15 is 0 Å². The summed E-state index contributed by atoms with van der Waals surface area (Å²) in [5, 5.41) is 20.5. The van der Waals surface area contributed by atoms with Gasteiger partial charge in [-0.3, -0.25) is 14.5 Å². The Bertz CT molecular complexity index is 2210. The molecule has 1 fully saturated rings. The molecule has 4 heterocycles. The van der Waals surface area contributed by atoms with Crippen LogP contribution in [0, 0.1) is 19.7 Å². The normalized spacial score (nSPS) is 15.8. The Hall–Kier alpha value is -5.33. The molecule has 9 nitrogen and oxygen atoms in total. The average Bonchev–Trinajstić information content (AvgIpc) is 3.78. The first kappa shape index (κ1) is 31.3. The van der Waals surface area contributed by atoms with Gasteiger partial charge in [0.05, 0.1) is 17.3 Å². The molecule has 3 aromatic heterocycles. The van der Waals surface area contributed by atoms with Crippen LogP contribution in [0.2, 0.25) is 0 Å². The number of imidazole rings is 1. The van der Waals surface area contributed by atoms with Gasteiger partial charge in [0.2, 0.25) is 5.13 Å². The van der Waals surface area contributed by atoms with Crippen LogP contribution < -0.4 is 9.64 Å². The standard InChI is InChI=1S/C36H28FN5O4S2/c1-21-10-9-17-41-22(2)29(38-33(21)41)31(43)28-30(24-14-8-15-26(18-24)46-19-23-11-4-3-5-12-23)42(34(45)32(28)44)35-39-40-36(48-35)47-20-25-13-6-7-16-27(25)37/h3-18,30,43H,19-20H2,1-2H3/b31-28+. The third-order valence-corrected chi connectivity index (χ3v) is 10.2. The van der Waals surface area contributed by atoms with Crippen molar-refractivity contribution in [1.29, 1.82) is 0 Å². The first-order valence-corrected chi connectivity index (χ1v) is 16.8. The molecule has 7 rings (SSSR count). The van der Waals surface area contributed by atoms with Crippen LogP contribution in [0.25, 0.3) is 11.4 Å². The smallest absolute Gasteiger partial charge is 0.301 e. The van der Waals surface area contributed by atoms with Gasteiger partial charge in [0.15, 0.2) is 10.1 Å². The number of ether oxygens (including phenoxy) is 1. The van der Waals surface area contributed by atoms with Gasteiger partial charge in [-0.1, -0.05) is 89.8 Å². The number of Topliss-reactive ketones (excluding diaryl/α,β-unsaturated/α-hetero) is 1. The van der Waals surface area contributed by atoms with Gasteiger partial charge < -0.3 is 14.2 Å². The number of fused-ring (bicyclic) bond motifs is 1. The fourth-order valence-corrected chi connectivity index (χ4v) is 7.50. The minimum Gasteiger partial charge on any atom is -0.505 e. The summed E-state index contributed by atoms with van der Waals surface area (Å²) in [5.74, 6) is -1.65. The van der Waals surface area contributed by atoms with Gasteiger partial charge in [-0.15, -0.1) is 10.2 Å². The molecule has 0 saturated carbocycles. The number of aliphatic hydroxyl groups is 1. The number of carbonyl (C=O) groups is 2. The maximum absolute atomic E-state index is 14.3. The molecule has 12 heteroatoms. The number of ketones is 1. The van der Waals surface area contributed by atoms with E-state index in [9.17, 15) is 19.1 Å². The molecule has 1 amide bonds. The highest BCUT2D eigenvalue weighted by molar-refractivity contribution is 8.00. The van der Waals surface area contributed by atoms with E-state index in [1.807, 2.05) is 60.0 Å². The molecule has 1 unspecified atom stereocenters. The van der Waals surface area contributed by atoms with Crippen molar-refractivity contribution < 1.29 is 23.8 Å². The third-order valence-electron chi connectivity index (χ3n) is 8.09. The Labute approximate surface area is 283 Å². The van der Waals surface area contributed by atoms with Gasteiger partial charge in [-0.25, -0.2) is 9.37 Å². The number of hydrogen-bond donors (Lipinski definition) is 1. The lowest BCUT2D eigenvalue weighted by Crippen LogP contribution is -2.29. The van der Waals surface area contributed by atoms with Gasteiger partial charge in [0, 0.05) is 11.9 Å². The van der Waals surface area contributed by atoms with Crippen LogP contribution in [0.15, 0.2) is 107 Å². The molecule has 240 valence electrons. The molecule has 1 aliphatic heterocycles. The van der Waals surface area contributed by atoms with Gasteiger partial charge in [0.25, 0.3) is 5.78 Å². The Morgan fingerprint density at radius 3 is 2.56 bits per heavy atom. The van der Waals surface area contributed by atoms with Crippen molar-refractivity contribution in [2.75, 3.05) is 4.90 Å². The maximum Gasteiger partial charge on any atom is 0.301 e. The first-order valence-electron chi connectivity index (χ1n) is 15.0. The molecule has 48 heavy (non-hydrogen) atoms. The number of pyridine rings is 1. The van der Waals surface area contributed by atoms with Crippen molar-refractivity contribution >= 4 is 51.3 Å². The van der Waals surface area contributed by atoms with Gasteiger partial charge in [-0.05, 0) is 60.4 Å². The Morgan fingerprint density at radius 2 is 1.77 bits per heavy atom. The Kier molecular flexibility index (Phi) is 8.50. The third kappa shape index (κ3) is 5.84. The fraction of sp³-hybridized carbons (Fsp3) is 0.139. The number of amides is 1. The van der Waals surface area contributed by atoms with E-state index in [2.05, 4.69) is 15.2 Å². The van der Waals surface area contributed by atoms with E-state index in [4.69, 9.17) is 4.74 Å². The zero-order valence-corrected chi connectivity index (χ0v) is 27.5. The van der Waals surface area contributed by atoms with E-state index < -0.39 is 23.5 Å². The molecule has 0 radical (unpaired) electrons. The number of anilines is 1. The zero-order chi connectivity index (χ0) is 33.4. The second-order valence-corrected chi connectivity index (χ2v) is 13.4. The number of nitrogens with zero attached hydrogens (tertiary/aromatic N) is 5. The van der Waals surface area contributed by atoms with Crippen molar-refractivity contribution in [2.24, 2.45) is 0 Å². The second kappa shape index (κ2) is 13.1. The Balaban J connectivity index is 1.30. The van der Waals surface area contributed by atoms with Crippen molar-refractivity contribution in [2.45, 2.75) is 36.6 Å². The molecule has 1 N–H and O–H groups in total. The summed E-state index contributed by atoms with van der Waals surface area (Å²) in [6, 6.07) is 25.9. The number of rotatable bonds is 9. The summed E-state index contributed by atoms with van der Waals surface area (Å²) in [5.41, 5.74) is 4.19. The number of halogens is 1. The maximum atomic E-state index is 14.3. The molecule has 6 aromatic rings. The zero-order valence-electron chi connectivity index (χ0n) is 25.8. The number of aryl methyl sites for hydroxylation is 2. The SMILES string of the molecule is Cc1cccn2c(C)c(/C(O)=C3\C(=O)C(=O)N(c4nnc(SCc5ccccc5F)s4)C3c3cccc(OCc4ccccc4)c3)nc12. The predicted octanol–water partition coefficient (Wildman–Crippen LogP) is 7.44. The Morgan fingerprint density at radius 1 is 0.979 bits per heavy atom. The number of hydrogen-bond acceptors (Lipinski definition) is 9. The topological polar surface area (TPSA) is 110 Å². The number of aromatic nitrogens is 4. The van der Waals surface area contributed by atoms with E-state index in [-0.39, 0.29) is 22.2 Å². The summed E-state index contributed by atoms with van der Waals surface area (Å²) >= 11 is 2.38. The summed E-state index contributed by atoms with van der Waals surface area (Å²) in [4.78, 5) is 33.6. The first-order chi connectivity index (χ1) is 23.3. The fourth-order valence-electron chi connectivity index (χ4n) is 5.65. The summed E-state index contributed by atoms with van der Waals surface area (Å²) in [6.45, 7) is 4.01. The van der Waals surface area contributed by atoms with Crippen molar-refractivity contribution in [3.05, 3.63) is 142 Å². The lowest BCUT2D eigenvalue weighted by atomic mass is 9.96. The highest BCUT2D eigenvalue weighted by atomic mass is 32.2. The van der Waals surface area contributed by atoms with Crippen molar-refractivity contribution in [3.8, 4) is 5.75 Å². The molecule has 3 aromatic carbocycles. The van der Waals surface area contributed by atoms with E-state index in [0.29, 0.717) is 44.9 Å². The number of benzene rings is 3. The van der Waals surface area contributed by atoms with Crippen molar-refractivity contribution in [1.82, 2.24) is 19.6 Å². The van der Waals surface area contributed by atoms with Crippen LogP contribution in [0.5, 0.6) is 5.75 Å². The van der Waals surface area contributed by atoms with Crippen LogP contribution in [-0.2, 0) is 21.9 Å². The summed E-state index contributed by atoms with van der Waals surface area (Å²) < 4.78 is 22.7. The quantitative estimate of drug-likeness (QED) is 0.0553. The minimum atomic E-state index is -1.06. The molecular weight excluding hydrogens is 650 g/mol. The van der Waals surface area contributed by atoms with Crippen molar-refractivity contribution in [3.63, 3.8) is 0 Å². The number of carbonyl (C=O) groups excluding carboxylic acids is 2. The van der Waals surface area contributed by atoms with Crippen LogP contribution in [0.4, 0.5) is 9.52 Å². The summed E-state index contributed by atoms with van der Waals surface area (Å²) in [6.07, 6.45) is 1.83. The molecule has 1 aliphatic rings. The van der Waals surface area contributed by atoms with Crippen LogP contribution >= 0.6 is 23.1 Å². The molecule has 1 atom stereocenters. The molecule has 0 aliphatic carbocycles. The van der Waals surface area contributed by atoms with Gasteiger partial charge in [0.1, 0.15) is 29.5 Å².